The van der Waals surface area contributed by atoms with Crippen LogP contribution in [0.3, 0.4) is 0 Å². The summed E-state index contributed by atoms with van der Waals surface area (Å²) >= 11 is 12.0. The highest BCUT2D eigenvalue weighted by Crippen LogP contribution is 2.23. The van der Waals surface area contributed by atoms with Gasteiger partial charge in [0.15, 0.2) is 0 Å². The number of rotatable bonds is 5. The Morgan fingerprint density at radius 1 is 1.00 bits per heavy atom. The lowest BCUT2D eigenvalue weighted by molar-refractivity contribution is -0.117. The summed E-state index contributed by atoms with van der Waals surface area (Å²) in [6.07, 6.45) is 0. The first-order chi connectivity index (χ1) is 14.7. The molecule has 31 heavy (non-hydrogen) atoms. The van der Waals surface area contributed by atoms with Crippen molar-refractivity contribution in [2.24, 2.45) is 0 Å². The van der Waals surface area contributed by atoms with E-state index in [4.69, 9.17) is 23.2 Å². The van der Waals surface area contributed by atoms with E-state index >= 15 is 0 Å². The van der Waals surface area contributed by atoms with E-state index in [-0.39, 0.29) is 24.3 Å². The molecule has 0 bridgehead atoms. The monoisotopic (exact) mass is 462 g/mol. The highest BCUT2D eigenvalue weighted by molar-refractivity contribution is 6.36. The smallest absolute Gasteiger partial charge is 0.255 e. The number of hydrogen-bond donors (Lipinski definition) is 1. The summed E-state index contributed by atoms with van der Waals surface area (Å²) in [4.78, 5) is 42.4. The number of benzene rings is 2. The Labute approximate surface area is 191 Å². The van der Waals surface area contributed by atoms with E-state index in [1.807, 2.05) is 4.90 Å². The van der Waals surface area contributed by atoms with Crippen molar-refractivity contribution in [2.45, 2.75) is 0 Å². The van der Waals surface area contributed by atoms with Crippen molar-refractivity contribution in [1.29, 1.82) is 0 Å². The maximum Gasteiger partial charge on any atom is 0.255 e. The van der Waals surface area contributed by atoms with Crippen LogP contribution in [0.1, 0.15) is 20.7 Å². The van der Waals surface area contributed by atoms with Crippen LogP contribution in [-0.4, -0.2) is 79.2 Å². The van der Waals surface area contributed by atoms with Gasteiger partial charge in [0.25, 0.3) is 11.8 Å². The van der Waals surface area contributed by atoms with E-state index in [0.29, 0.717) is 53.0 Å². The van der Waals surface area contributed by atoms with Gasteiger partial charge in [-0.2, -0.15) is 0 Å². The molecule has 0 aromatic heterocycles. The van der Waals surface area contributed by atoms with Crippen LogP contribution in [-0.2, 0) is 4.79 Å². The molecule has 2 aromatic carbocycles. The standard InChI is InChI=1S/C22H24Cl2N4O3/c1-26(2)21(30)15-4-3-5-17(12-15)25-20(29)14-27-8-10-28(11-9-27)22(31)18-7-6-16(23)13-19(18)24/h3-7,12-13H,8-11,14H2,1-2H3,(H,25,29). The molecule has 1 aliphatic rings. The molecular weight excluding hydrogens is 439 g/mol. The number of piperazine rings is 1. The van der Waals surface area contributed by atoms with Gasteiger partial charge in [0.1, 0.15) is 0 Å². The summed E-state index contributed by atoms with van der Waals surface area (Å²) in [5.74, 6) is -0.444. The summed E-state index contributed by atoms with van der Waals surface area (Å²) in [5.41, 5.74) is 1.50. The van der Waals surface area contributed by atoms with Crippen molar-refractivity contribution in [3.05, 3.63) is 63.6 Å². The zero-order valence-corrected chi connectivity index (χ0v) is 18.9. The molecule has 1 N–H and O–H groups in total. The number of nitrogens with one attached hydrogen (secondary N) is 1. The zero-order chi connectivity index (χ0) is 22.5. The third kappa shape index (κ3) is 5.97. The zero-order valence-electron chi connectivity index (χ0n) is 17.4. The number of anilines is 1. The second-order valence-electron chi connectivity index (χ2n) is 7.52. The third-order valence-corrected chi connectivity index (χ3v) is 5.54. The van der Waals surface area contributed by atoms with Crippen molar-refractivity contribution < 1.29 is 14.4 Å². The average Bonchev–Trinajstić information content (AvgIpc) is 2.73. The minimum atomic E-state index is -0.171. The molecule has 7 nitrogen and oxygen atoms in total. The first kappa shape index (κ1) is 23.1. The van der Waals surface area contributed by atoms with Crippen molar-refractivity contribution >= 4 is 46.6 Å². The molecular formula is C22H24Cl2N4O3. The maximum atomic E-state index is 12.7. The minimum absolute atomic E-state index is 0.127. The fraction of sp³-hybridized carbons (Fsp3) is 0.318. The van der Waals surface area contributed by atoms with Crippen LogP contribution in [0.25, 0.3) is 0 Å². The van der Waals surface area contributed by atoms with Crippen LogP contribution < -0.4 is 5.32 Å². The second kappa shape index (κ2) is 10.1. The van der Waals surface area contributed by atoms with Gasteiger partial charge in [0, 0.05) is 56.5 Å². The van der Waals surface area contributed by atoms with Gasteiger partial charge in [-0.1, -0.05) is 29.3 Å². The van der Waals surface area contributed by atoms with Gasteiger partial charge in [0.05, 0.1) is 17.1 Å². The fourth-order valence-corrected chi connectivity index (χ4v) is 3.82. The van der Waals surface area contributed by atoms with Crippen LogP contribution in [0.4, 0.5) is 5.69 Å². The van der Waals surface area contributed by atoms with Gasteiger partial charge in [-0.05, 0) is 36.4 Å². The van der Waals surface area contributed by atoms with Gasteiger partial charge in [0.2, 0.25) is 5.91 Å². The van der Waals surface area contributed by atoms with Crippen LogP contribution in [0.5, 0.6) is 0 Å². The fourth-order valence-electron chi connectivity index (χ4n) is 3.33. The van der Waals surface area contributed by atoms with Crippen molar-refractivity contribution in [2.75, 3.05) is 52.1 Å². The van der Waals surface area contributed by atoms with E-state index in [1.54, 1.807) is 61.5 Å². The van der Waals surface area contributed by atoms with E-state index in [9.17, 15) is 14.4 Å². The molecule has 9 heteroatoms. The minimum Gasteiger partial charge on any atom is -0.345 e. The van der Waals surface area contributed by atoms with Crippen LogP contribution in [0.2, 0.25) is 10.0 Å². The lowest BCUT2D eigenvalue weighted by Crippen LogP contribution is -2.50. The molecule has 0 atom stereocenters. The molecule has 0 radical (unpaired) electrons. The Bertz CT molecular complexity index is 988. The van der Waals surface area contributed by atoms with Crippen molar-refractivity contribution in [1.82, 2.24) is 14.7 Å². The molecule has 0 spiro atoms. The molecule has 0 saturated carbocycles. The highest BCUT2D eigenvalue weighted by Gasteiger charge is 2.24. The van der Waals surface area contributed by atoms with Gasteiger partial charge >= 0.3 is 0 Å². The molecule has 1 heterocycles. The van der Waals surface area contributed by atoms with Gasteiger partial charge in [-0.3, -0.25) is 19.3 Å². The SMILES string of the molecule is CN(C)C(=O)c1cccc(NC(=O)CN2CCN(C(=O)c3ccc(Cl)cc3Cl)CC2)c1. The first-order valence-corrected chi connectivity index (χ1v) is 10.6. The molecule has 1 fully saturated rings. The number of hydrogen-bond acceptors (Lipinski definition) is 4. The molecule has 0 unspecified atom stereocenters. The van der Waals surface area contributed by atoms with Crippen LogP contribution in [0.15, 0.2) is 42.5 Å². The van der Waals surface area contributed by atoms with E-state index in [2.05, 4.69) is 5.32 Å². The number of nitrogens with zero attached hydrogens (tertiary/aromatic N) is 3. The molecule has 1 saturated heterocycles. The molecule has 1 aliphatic heterocycles. The normalized spacial score (nSPS) is 14.3. The first-order valence-electron chi connectivity index (χ1n) is 9.83. The van der Waals surface area contributed by atoms with Gasteiger partial charge < -0.3 is 15.1 Å². The van der Waals surface area contributed by atoms with E-state index in [0.717, 1.165) is 0 Å². The lowest BCUT2D eigenvalue weighted by atomic mass is 10.1. The quantitative estimate of drug-likeness (QED) is 0.740. The molecule has 164 valence electrons. The van der Waals surface area contributed by atoms with Crippen molar-refractivity contribution in [3.63, 3.8) is 0 Å². The Hall–Kier alpha value is -2.61. The van der Waals surface area contributed by atoms with Crippen LogP contribution in [0, 0.1) is 0 Å². The number of carbonyl (C=O) groups excluding carboxylic acids is 3. The van der Waals surface area contributed by atoms with E-state index in [1.165, 1.54) is 4.90 Å². The average molecular weight is 463 g/mol. The summed E-state index contributed by atoms with van der Waals surface area (Å²) in [5, 5.41) is 3.64. The Kier molecular flexibility index (Phi) is 7.54. The Morgan fingerprint density at radius 2 is 1.71 bits per heavy atom. The molecule has 3 amide bonds. The van der Waals surface area contributed by atoms with Crippen molar-refractivity contribution in [3.8, 4) is 0 Å². The second-order valence-corrected chi connectivity index (χ2v) is 8.36. The summed E-state index contributed by atoms with van der Waals surface area (Å²) < 4.78 is 0. The largest absolute Gasteiger partial charge is 0.345 e. The number of carbonyl (C=O) groups is 3. The Morgan fingerprint density at radius 3 is 2.35 bits per heavy atom. The van der Waals surface area contributed by atoms with Gasteiger partial charge in [-0.25, -0.2) is 0 Å². The third-order valence-electron chi connectivity index (χ3n) is 4.99. The molecule has 0 aliphatic carbocycles. The highest BCUT2D eigenvalue weighted by atomic mass is 35.5. The number of amides is 3. The van der Waals surface area contributed by atoms with E-state index < -0.39 is 0 Å². The van der Waals surface area contributed by atoms with Crippen LogP contribution >= 0.6 is 23.2 Å². The summed E-state index contributed by atoms with van der Waals surface area (Å²) in [7, 11) is 3.36. The number of halogens is 2. The molecule has 3 rings (SSSR count). The topological polar surface area (TPSA) is 73.0 Å². The predicted octanol–water partition coefficient (Wildman–Crippen LogP) is 3.09. The lowest BCUT2D eigenvalue weighted by Gasteiger charge is -2.34. The molecule has 2 aromatic rings. The summed E-state index contributed by atoms with van der Waals surface area (Å²) in [6, 6.07) is 11.7. The maximum absolute atomic E-state index is 12.7. The summed E-state index contributed by atoms with van der Waals surface area (Å²) in [6.45, 7) is 2.35. The van der Waals surface area contributed by atoms with Gasteiger partial charge in [-0.15, -0.1) is 0 Å². The Balaban J connectivity index is 1.52. The predicted molar refractivity (Wildman–Crippen MR) is 122 cm³/mol.